The average molecular weight is 258 g/mol. The number of hydrogen-bond donors (Lipinski definition) is 0. The molecule has 0 N–H and O–H groups in total. The molecule has 0 radical (unpaired) electrons. The number of hydrogen-bond acceptors (Lipinski definition) is 0. The molecule has 0 unspecified atom stereocenters. The minimum atomic E-state index is 0. The average Bonchev–Trinajstić information content (AvgIpc) is 2.39. The SMILES string of the molecule is CC=CC=CC=C[n+]1cccc2ccccc21.[Cl-]. The van der Waals surface area contributed by atoms with E-state index in [1.165, 1.54) is 10.9 Å². The lowest BCUT2D eigenvalue weighted by atomic mass is 10.2. The van der Waals surface area contributed by atoms with Gasteiger partial charge in [-0.05, 0) is 19.1 Å². The Bertz CT molecular complexity index is 577. The van der Waals surface area contributed by atoms with Crippen molar-refractivity contribution in [1.29, 1.82) is 0 Å². The van der Waals surface area contributed by atoms with Crippen molar-refractivity contribution in [1.82, 2.24) is 0 Å². The van der Waals surface area contributed by atoms with Gasteiger partial charge in [-0.3, -0.25) is 0 Å². The summed E-state index contributed by atoms with van der Waals surface area (Å²) in [6.07, 6.45) is 14.2. The fraction of sp³-hybridized carbons (Fsp3) is 0.0625. The molecule has 1 heterocycles. The summed E-state index contributed by atoms with van der Waals surface area (Å²) in [6.45, 7) is 2.01. The molecular weight excluding hydrogens is 242 g/mol. The van der Waals surface area contributed by atoms with E-state index in [9.17, 15) is 0 Å². The molecule has 0 saturated carbocycles. The van der Waals surface area contributed by atoms with Crippen LogP contribution >= 0.6 is 0 Å². The van der Waals surface area contributed by atoms with Gasteiger partial charge in [-0.15, -0.1) is 0 Å². The zero-order chi connectivity index (χ0) is 11.9. The van der Waals surface area contributed by atoms with Crippen molar-refractivity contribution < 1.29 is 17.0 Å². The summed E-state index contributed by atoms with van der Waals surface area (Å²) < 4.78 is 2.12. The molecule has 0 saturated heterocycles. The van der Waals surface area contributed by atoms with Crippen molar-refractivity contribution in [2.24, 2.45) is 0 Å². The number of aromatic nitrogens is 1. The molecule has 0 amide bonds. The van der Waals surface area contributed by atoms with Crippen LogP contribution in [-0.4, -0.2) is 0 Å². The third-order valence-corrected chi connectivity index (χ3v) is 2.51. The third kappa shape index (κ3) is 3.57. The van der Waals surface area contributed by atoms with Crippen LogP contribution in [0, 0.1) is 0 Å². The van der Waals surface area contributed by atoms with Crippen molar-refractivity contribution in [2.45, 2.75) is 6.92 Å². The van der Waals surface area contributed by atoms with Gasteiger partial charge in [-0.2, -0.15) is 4.57 Å². The quantitative estimate of drug-likeness (QED) is 0.564. The summed E-state index contributed by atoms with van der Waals surface area (Å²) in [5, 5.41) is 1.25. The lowest BCUT2D eigenvalue weighted by Crippen LogP contribution is -3.00. The Balaban J connectivity index is 0.00000162. The van der Waals surface area contributed by atoms with E-state index in [0.717, 1.165) is 0 Å². The van der Waals surface area contributed by atoms with Crippen LogP contribution in [0.4, 0.5) is 0 Å². The smallest absolute Gasteiger partial charge is 0.217 e. The van der Waals surface area contributed by atoms with Crippen molar-refractivity contribution in [2.75, 3.05) is 0 Å². The zero-order valence-corrected chi connectivity index (χ0v) is 11.1. The molecule has 92 valence electrons. The van der Waals surface area contributed by atoms with Crippen LogP contribution in [0.25, 0.3) is 17.1 Å². The summed E-state index contributed by atoms with van der Waals surface area (Å²) in [7, 11) is 0. The van der Waals surface area contributed by atoms with E-state index in [-0.39, 0.29) is 12.4 Å². The van der Waals surface area contributed by atoms with E-state index < -0.39 is 0 Å². The Morgan fingerprint density at radius 2 is 1.61 bits per heavy atom. The largest absolute Gasteiger partial charge is 1.00 e. The monoisotopic (exact) mass is 257 g/mol. The number of halogens is 1. The second kappa shape index (κ2) is 7.46. The number of para-hydroxylation sites is 1. The summed E-state index contributed by atoms with van der Waals surface area (Å²) in [5.74, 6) is 0. The lowest BCUT2D eigenvalue weighted by Gasteiger charge is -1.94. The highest BCUT2D eigenvalue weighted by atomic mass is 35.5. The number of fused-ring (bicyclic) bond motifs is 1. The molecule has 2 aromatic rings. The Labute approximate surface area is 114 Å². The van der Waals surface area contributed by atoms with Crippen molar-refractivity contribution >= 4 is 17.1 Å². The molecule has 0 aliphatic rings. The maximum absolute atomic E-state index is 2.12. The zero-order valence-electron chi connectivity index (χ0n) is 10.3. The molecule has 0 spiro atoms. The Hall–Kier alpha value is -1.86. The van der Waals surface area contributed by atoms with Crippen LogP contribution in [0.2, 0.25) is 0 Å². The van der Waals surface area contributed by atoms with E-state index in [1.807, 2.05) is 37.3 Å². The van der Waals surface area contributed by atoms with Gasteiger partial charge in [0.25, 0.3) is 0 Å². The summed E-state index contributed by atoms with van der Waals surface area (Å²) in [4.78, 5) is 0. The van der Waals surface area contributed by atoms with E-state index in [0.29, 0.717) is 0 Å². The number of nitrogens with zero attached hydrogens (tertiary/aromatic N) is 1. The molecule has 18 heavy (non-hydrogen) atoms. The van der Waals surface area contributed by atoms with Crippen LogP contribution in [0.15, 0.2) is 73.0 Å². The predicted molar refractivity (Wildman–Crippen MR) is 73.4 cm³/mol. The summed E-state index contributed by atoms with van der Waals surface area (Å²) >= 11 is 0. The van der Waals surface area contributed by atoms with Crippen molar-refractivity contribution in [3.8, 4) is 0 Å². The fourth-order valence-corrected chi connectivity index (χ4v) is 1.70. The van der Waals surface area contributed by atoms with Gasteiger partial charge in [0.05, 0.1) is 0 Å². The highest BCUT2D eigenvalue weighted by molar-refractivity contribution is 5.75. The molecule has 2 heteroatoms. The number of pyridine rings is 1. The second-order valence-electron chi connectivity index (χ2n) is 3.73. The van der Waals surface area contributed by atoms with Crippen LogP contribution < -0.4 is 17.0 Å². The molecule has 0 bridgehead atoms. The van der Waals surface area contributed by atoms with Crippen LogP contribution in [0.3, 0.4) is 0 Å². The molecule has 0 aliphatic carbocycles. The van der Waals surface area contributed by atoms with Crippen molar-refractivity contribution in [3.05, 3.63) is 73.0 Å². The molecule has 2 rings (SSSR count). The normalized spacial score (nSPS) is 11.6. The van der Waals surface area contributed by atoms with Gasteiger partial charge in [0.2, 0.25) is 5.52 Å². The molecule has 0 aliphatic heterocycles. The molecular formula is C16H16ClN. The third-order valence-electron chi connectivity index (χ3n) is 2.51. The molecule has 1 aromatic carbocycles. The summed E-state index contributed by atoms with van der Waals surface area (Å²) in [6, 6.07) is 12.5. The molecule has 1 aromatic heterocycles. The Morgan fingerprint density at radius 3 is 2.44 bits per heavy atom. The first-order valence-corrected chi connectivity index (χ1v) is 5.77. The van der Waals surface area contributed by atoms with Gasteiger partial charge in [0.15, 0.2) is 12.4 Å². The fourth-order valence-electron chi connectivity index (χ4n) is 1.70. The first kappa shape index (κ1) is 14.2. The van der Waals surface area contributed by atoms with Gasteiger partial charge in [0.1, 0.15) is 0 Å². The molecule has 0 atom stereocenters. The van der Waals surface area contributed by atoms with Gasteiger partial charge in [-0.1, -0.05) is 36.4 Å². The van der Waals surface area contributed by atoms with Crippen molar-refractivity contribution in [3.63, 3.8) is 0 Å². The Kier molecular flexibility index (Phi) is 5.89. The van der Waals surface area contributed by atoms with Gasteiger partial charge >= 0.3 is 0 Å². The Morgan fingerprint density at radius 1 is 0.889 bits per heavy atom. The van der Waals surface area contributed by atoms with E-state index in [2.05, 4.69) is 53.4 Å². The highest BCUT2D eigenvalue weighted by Crippen LogP contribution is 2.07. The highest BCUT2D eigenvalue weighted by Gasteiger charge is 2.02. The van der Waals surface area contributed by atoms with Crippen LogP contribution in [0.1, 0.15) is 6.92 Å². The first-order chi connectivity index (χ1) is 8.42. The molecule has 0 fully saturated rings. The predicted octanol–water partition coefficient (Wildman–Crippen LogP) is 0.734. The van der Waals surface area contributed by atoms with E-state index >= 15 is 0 Å². The van der Waals surface area contributed by atoms with Gasteiger partial charge in [-0.25, -0.2) is 0 Å². The summed E-state index contributed by atoms with van der Waals surface area (Å²) in [5.41, 5.74) is 1.21. The van der Waals surface area contributed by atoms with Gasteiger partial charge < -0.3 is 12.4 Å². The van der Waals surface area contributed by atoms with Gasteiger partial charge in [0, 0.05) is 23.6 Å². The molecule has 1 nitrogen and oxygen atoms in total. The second-order valence-corrected chi connectivity index (χ2v) is 3.73. The number of rotatable bonds is 3. The minimum absolute atomic E-state index is 0. The standard InChI is InChI=1S/C16H16N.ClH/c1-2-3-4-5-8-13-17-14-9-11-15-10-6-7-12-16(15)17;/h2-14H,1H3;1H/q+1;/p-1. The topological polar surface area (TPSA) is 3.88 Å². The maximum atomic E-state index is 2.12. The maximum Gasteiger partial charge on any atom is 0.217 e. The minimum Gasteiger partial charge on any atom is -1.00 e. The first-order valence-electron chi connectivity index (χ1n) is 5.77. The van der Waals surface area contributed by atoms with E-state index in [4.69, 9.17) is 0 Å². The lowest BCUT2D eigenvalue weighted by molar-refractivity contribution is -0.538. The van der Waals surface area contributed by atoms with E-state index in [1.54, 1.807) is 0 Å². The number of benzene rings is 1. The van der Waals surface area contributed by atoms with Crippen LogP contribution in [0.5, 0.6) is 0 Å². The van der Waals surface area contributed by atoms with Crippen LogP contribution in [-0.2, 0) is 0 Å². The number of allylic oxidation sites excluding steroid dienone is 5.